The van der Waals surface area contributed by atoms with Gasteiger partial charge in [-0.3, -0.25) is 9.69 Å². The van der Waals surface area contributed by atoms with Gasteiger partial charge in [-0.25, -0.2) is 0 Å². The van der Waals surface area contributed by atoms with Crippen LogP contribution in [0.1, 0.15) is 39.5 Å². The second kappa shape index (κ2) is 4.34. The monoisotopic (exact) mass is 225 g/mol. The Balaban J connectivity index is 2.21. The number of nitrogens with two attached hydrogens (primary N) is 1. The van der Waals surface area contributed by atoms with E-state index in [1.165, 1.54) is 19.3 Å². The maximum absolute atomic E-state index is 12.1. The molecule has 0 aromatic rings. The Morgan fingerprint density at radius 2 is 2.12 bits per heavy atom. The minimum absolute atomic E-state index is 0.157. The average molecular weight is 225 g/mol. The van der Waals surface area contributed by atoms with Gasteiger partial charge in [0.25, 0.3) is 0 Å². The van der Waals surface area contributed by atoms with Crippen LogP contribution in [0.4, 0.5) is 0 Å². The lowest BCUT2D eigenvalue weighted by Crippen LogP contribution is -2.71. The van der Waals surface area contributed by atoms with Crippen LogP contribution in [-0.2, 0) is 4.79 Å². The molecule has 0 aromatic carbocycles. The molecule has 4 heteroatoms. The second-order valence-electron chi connectivity index (χ2n) is 5.47. The van der Waals surface area contributed by atoms with Crippen LogP contribution in [0.25, 0.3) is 0 Å². The normalized spacial score (nSPS) is 34.3. The van der Waals surface area contributed by atoms with Crippen molar-refractivity contribution in [1.29, 1.82) is 0 Å². The third-order valence-corrected chi connectivity index (χ3v) is 4.09. The minimum Gasteiger partial charge on any atom is -0.350 e. The lowest BCUT2D eigenvalue weighted by Gasteiger charge is -2.52. The summed E-state index contributed by atoms with van der Waals surface area (Å²) in [7, 11) is 0. The summed E-state index contributed by atoms with van der Waals surface area (Å²) in [4.78, 5) is 14.4. The molecule has 4 nitrogen and oxygen atoms in total. The summed E-state index contributed by atoms with van der Waals surface area (Å²) in [6.45, 7) is 5.45. The molecule has 2 fully saturated rings. The number of nitrogens with one attached hydrogen (secondary N) is 1. The molecule has 2 unspecified atom stereocenters. The number of rotatable bonds is 2. The van der Waals surface area contributed by atoms with E-state index in [4.69, 9.17) is 5.73 Å². The molecule has 2 rings (SSSR count). The molecule has 16 heavy (non-hydrogen) atoms. The van der Waals surface area contributed by atoms with E-state index in [1.807, 2.05) is 13.8 Å². The summed E-state index contributed by atoms with van der Waals surface area (Å²) in [6, 6.07) is 0.839. The predicted octanol–water partition coefficient (Wildman–Crippen LogP) is 0.467. The van der Waals surface area contributed by atoms with Gasteiger partial charge in [-0.05, 0) is 26.7 Å². The molecule has 1 heterocycles. The first-order valence-corrected chi connectivity index (χ1v) is 6.35. The first-order valence-electron chi connectivity index (χ1n) is 6.35. The molecule has 0 aromatic heterocycles. The van der Waals surface area contributed by atoms with Crippen LogP contribution < -0.4 is 11.1 Å². The van der Waals surface area contributed by atoms with E-state index < -0.39 is 5.54 Å². The highest BCUT2D eigenvalue weighted by Crippen LogP contribution is 2.32. The van der Waals surface area contributed by atoms with Crippen molar-refractivity contribution in [2.24, 2.45) is 5.73 Å². The molecular formula is C12H23N3O. The summed E-state index contributed by atoms with van der Waals surface area (Å²) >= 11 is 0. The molecule has 1 saturated carbocycles. The van der Waals surface area contributed by atoms with Gasteiger partial charge >= 0.3 is 0 Å². The Bertz CT molecular complexity index is 277. The average Bonchev–Trinajstić information content (AvgIpc) is 2.25. The standard InChI is InChI=1S/C12H23N3O/c1-12(2)11(16)14-9-5-3-4-6-10(9)15(12)8-7-13/h9-10H,3-8,13H2,1-2H3,(H,14,16). The largest absolute Gasteiger partial charge is 0.350 e. The maximum atomic E-state index is 12.1. The van der Waals surface area contributed by atoms with E-state index in [2.05, 4.69) is 10.2 Å². The molecule has 1 saturated heterocycles. The van der Waals surface area contributed by atoms with E-state index in [0.29, 0.717) is 18.6 Å². The van der Waals surface area contributed by atoms with Crippen molar-refractivity contribution < 1.29 is 4.79 Å². The Hall–Kier alpha value is -0.610. The van der Waals surface area contributed by atoms with Crippen LogP contribution in [0.5, 0.6) is 0 Å². The van der Waals surface area contributed by atoms with Crippen molar-refractivity contribution in [3.8, 4) is 0 Å². The molecule has 2 aliphatic rings. The summed E-state index contributed by atoms with van der Waals surface area (Å²) in [5.74, 6) is 0.157. The highest BCUT2D eigenvalue weighted by Gasteiger charge is 2.47. The molecular weight excluding hydrogens is 202 g/mol. The van der Waals surface area contributed by atoms with Gasteiger partial charge in [0.1, 0.15) is 0 Å². The van der Waals surface area contributed by atoms with Crippen LogP contribution in [0, 0.1) is 0 Å². The molecule has 1 aliphatic heterocycles. The fraction of sp³-hybridized carbons (Fsp3) is 0.917. The van der Waals surface area contributed by atoms with Gasteiger partial charge in [0.15, 0.2) is 0 Å². The lowest BCUT2D eigenvalue weighted by atomic mass is 9.82. The highest BCUT2D eigenvalue weighted by atomic mass is 16.2. The fourth-order valence-corrected chi connectivity index (χ4v) is 3.13. The third-order valence-electron chi connectivity index (χ3n) is 4.09. The van der Waals surface area contributed by atoms with Gasteiger partial charge in [0.05, 0.1) is 5.54 Å². The topological polar surface area (TPSA) is 58.4 Å². The van der Waals surface area contributed by atoms with Gasteiger partial charge < -0.3 is 11.1 Å². The summed E-state index contributed by atoms with van der Waals surface area (Å²) < 4.78 is 0. The van der Waals surface area contributed by atoms with E-state index in [0.717, 1.165) is 13.0 Å². The Morgan fingerprint density at radius 3 is 2.81 bits per heavy atom. The van der Waals surface area contributed by atoms with Crippen molar-refractivity contribution in [3.05, 3.63) is 0 Å². The molecule has 0 bridgehead atoms. The first kappa shape index (κ1) is 11.9. The highest BCUT2D eigenvalue weighted by molar-refractivity contribution is 5.86. The Kier molecular flexibility index (Phi) is 3.22. The number of carbonyl (C=O) groups is 1. The minimum atomic E-state index is -0.405. The number of carbonyl (C=O) groups excluding carboxylic acids is 1. The smallest absolute Gasteiger partial charge is 0.240 e. The fourth-order valence-electron chi connectivity index (χ4n) is 3.13. The summed E-state index contributed by atoms with van der Waals surface area (Å²) in [5.41, 5.74) is 5.27. The van der Waals surface area contributed by atoms with Crippen LogP contribution in [0.2, 0.25) is 0 Å². The predicted molar refractivity (Wildman–Crippen MR) is 64.0 cm³/mol. The van der Waals surface area contributed by atoms with E-state index in [9.17, 15) is 4.79 Å². The van der Waals surface area contributed by atoms with Gasteiger partial charge in [-0.2, -0.15) is 0 Å². The number of fused-ring (bicyclic) bond motifs is 1. The summed E-state index contributed by atoms with van der Waals surface area (Å²) in [5, 5.41) is 3.18. The van der Waals surface area contributed by atoms with Crippen molar-refractivity contribution >= 4 is 5.91 Å². The number of hydrogen-bond donors (Lipinski definition) is 2. The van der Waals surface area contributed by atoms with Gasteiger partial charge in [-0.15, -0.1) is 0 Å². The number of amides is 1. The zero-order valence-electron chi connectivity index (χ0n) is 10.3. The number of hydrogen-bond acceptors (Lipinski definition) is 3. The molecule has 92 valence electrons. The SMILES string of the molecule is CC1(C)C(=O)NC2CCCCC2N1CCN. The first-order chi connectivity index (χ1) is 7.57. The van der Waals surface area contributed by atoms with Crippen LogP contribution in [0.3, 0.4) is 0 Å². The Labute approximate surface area is 97.6 Å². The molecule has 1 aliphatic carbocycles. The number of nitrogens with zero attached hydrogens (tertiary/aromatic N) is 1. The number of piperazine rings is 1. The maximum Gasteiger partial charge on any atom is 0.240 e. The van der Waals surface area contributed by atoms with E-state index >= 15 is 0 Å². The summed E-state index contributed by atoms with van der Waals surface area (Å²) in [6.07, 6.45) is 4.81. The van der Waals surface area contributed by atoms with Crippen molar-refractivity contribution in [2.45, 2.75) is 57.2 Å². The Morgan fingerprint density at radius 1 is 1.44 bits per heavy atom. The third kappa shape index (κ3) is 1.84. The van der Waals surface area contributed by atoms with Crippen LogP contribution >= 0.6 is 0 Å². The van der Waals surface area contributed by atoms with Crippen molar-refractivity contribution in [1.82, 2.24) is 10.2 Å². The molecule has 0 spiro atoms. The lowest BCUT2D eigenvalue weighted by molar-refractivity contribution is -0.142. The molecule has 3 N–H and O–H groups in total. The quantitative estimate of drug-likeness (QED) is 0.718. The van der Waals surface area contributed by atoms with Gasteiger partial charge in [0, 0.05) is 25.2 Å². The van der Waals surface area contributed by atoms with Crippen LogP contribution in [-0.4, -0.2) is 41.5 Å². The van der Waals surface area contributed by atoms with Gasteiger partial charge in [0.2, 0.25) is 5.91 Å². The zero-order chi connectivity index (χ0) is 11.8. The van der Waals surface area contributed by atoms with Crippen molar-refractivity contribution in [2.75, 3.05) is 13.1 Å². The van der Waals surface area contributed by atoms with Crippen LogP contribution in [0.15, 0.2) is 0 Å². The van der Waals surface area contributed by atoms with E-state index in [1.54, 1.807) is 0 Å². The molecule has 1 amide bonds. The second-order valence-corrected chi connectivity index (χ2v) is 5.47. The molecule has 2 atom stereocenters. The van der Waals surface area contributed by atoms with E-state index in [-0.39, 0.29) is 5.91 Å². The van der Waals surface area contributed by atoms with Crippen molar-refractivity contribution in [3.63, 3.8) is 0 Å². The molecule has 0 radical (unpaired) electrons. The van der Waals surface area contributed by atoms with Gasteiger partial charge in [-0.1, -0.05) is 12.8 Å². The zero-order valence-corrected chi connectivity index (χ0v) is 10.3.